The second-order valence-electron chi connectivity index (χ2n) is 15.0. The first-order chi connectivity index (χ1) is 28.2. The van der Waals surface area contributed by atoms with Crippen LogP contribution >= 0.6 is 22.7 Å². The third-order valence-corrected chi connectivity index (χ3v) is 14.0. The lowest BCUT2D eigenvalue weighted by Gasteiger charge is -2.40. The van der Waals surface area contributed by atoms with Gasteiger partial charge in [-0.25, -0.2) is 0 Å². The molecule has 0 saturated carbocycles. The van der Waals surface area contributed by atoms with Crippen LogP contribution in [0.1, 0.15) is 35.2 Å². The Balaban J connectivity index is 0.947. The van der Waals surface area contributed by atoms with E-state index in [0.29, 0.717) is 0 Å². The standard InChI is InChI=1S/C51H36N4S2/c1-3-12-31(13-4-1)49-52-50(32-14-5-2-6-15-32)54-51(53-49)39-18-11-21-46-48(39)41-29-34(23-27-45(41)56-46)33-22-26-44-40(28-33)38-25-24-35(30-47(38)57-44)55-42-19-9-7-16-36(42)37-17-8-10-20-43(37)55/h1-30,49-54H. The van der Waals surface area contributed by atoms with Crippen LogP contribution in [0.3, 0.4) is 0 Å². The number of benzene rings is 8. The van der Waals surface area contributed by atoms with Crippen molar-refractivity contribution in [3.05, 3.63) is 199 Å². The molecule has 8 aromatic carbocycles. The largest absolute Gasteiger partial charge is 0.309 e. The van der Waals surface area contributed by atoms with Gasteiger partial charge in [-0.3, -0.25) is 16.0 Å². The highest BCUT2D eigenvalue weighted by Gasteiger charge is 2.31. The Bertz CT molecular complexity index is 3210. The number of hydrogen-bond acceptors (Lipinski definition) is 5. The Morgan fingerprint density at radius 3 is 1.60 bits per heavy atom. The Labute approximate surface area is 337 Å². The van der Waals surface area contributed by atoms with Gasteiger partial charge in [0.15, 0.2) is 0 Å². The number of fused-ring (bicyclic) bond motifs is 9. The first-order valence-corrected chi connectivity index (χ1v) is 21.2. The molecule has 57 heavy (non-hydrogen) atoms. The van der Waals surface area contributed by atoms with Crippen LogP contribution in [0.25, 0.3) is 79.0 Å². The predicted molar refractivity (Wildman–Crippen MR) is 243 cm³/mol. The molecule has 0 aliphatic carbocycles. The van der Waals surface area contributed by atoms with E-state index >= 15 is 0 Å². The van der Waals surface area contributed by atoms with Gasteiger partial charge in [0.05, 0.1) is 29.5 Å². The van der Waals surface area contributed by atoms with Gasteiger partial charge in [0.25, 0.3) is 0 Å². The minimum atomic E-state index is -0.0762. The van der Waals surface area contributed by atoms with E-state index in [1.807, 2.05) is 22.7 Å². The molecule has 0 amide bonds. The molecule has 1 aliphatic heterocycles. The summed E-state index contributed by atoms with van der Waals surface area (Å²) in [5.74, 6) is 0. The minimum absolute atomic E-state index is 0.0245. The number of rotatable bonds is 5. The van der Waals surface area contributed by atoms with Crippen LogP contribution in [0.4, 0.5) is 0 Å². The molecule has 11 aromatic rings. The van der Waals surface area contributed by atoms with Crippen molar-refractivity contribution in [2.75, 3.05) is 0 Å². The molecule has 0 bridgehead atoms. The SMILES string of the molecule is c1ccc(C2NC(c3ccccc3)NC(c3cccc4sc5ccc(-c6ccc7sc8cc(-n9c%10ccccc%10c%10ccccc%109)ccc8c7c6)cc5c34)N2)cc1. The number of thiophene rings is 2. The maximum atomic E-state index is 3.93. The first kappa shape index (κ1) is 33.1. The molecule has 3 N–H and O–H groups in total. The van der Waals surface area contributed by atoms with E-state index in [2.05, 4.69) is 203 Å². The molecule has 4 nitrogen and oxygen atoms in total. The number of nitrogens with one attached hydrogen (secondary N) is 3. The van der Waals surface area contributed by atoms with Crippen molar-refractivity contribution in [1.29, 1.82) is 0 Å². The summed E-state index contributed by atoms with van der Waals surface area (Å²) in [6, 6.07) is 66.6. The summed E-state index contributed by atoms with van der Waals surface area (Å²) in [6.45, 7) is 0. The van der Waals surface area contributed by atoms with Gasteiger partial charge < -0.3 is 4.57 Å². The molecule has 12 rings (SSSR count). The van der Waals surface area contributed by atoms with Crippen LogP contribution in [0.2, 0.25) is 0 Å². The van der Waals surface area contributed by atoms with Crippen molar-refractivity contribution in [2.24, 2.45) is 0 Å². The molecule has 1 saturated heterocycles. The molecule has 6 heteroatoms. The molecule has 0 radical (unpaired) electrons. The van der Waals surface area contributed by atoms with Gasteiger partial charge in [0, 0.05) is 56.8 Å². The lowest BCUT2D eigenvalue weighted by atomic mass is 9.97. The second-order valence-corrected chi connectivity index (χ2v) is 17.2. The summed E-state index contributed by atoms with van der Waals surface area (Å²) in [5.41, 5.74) is 9.83. The van der Waals surface area contributed by atoms with Crippen LogP contribution in [0, 0.1) is 0 Å². The molecule has 4 heterocycles. The summed E-state index contributed by atoms with van der Waals surface area (Å²) in [5, 5.41) is 19.5. The summed E-state index contributed by atoms with van der Waals surface area (Å²) in [6.07, 6.45) is -0.125. The summed E-state index contributed by atoms with van der Waals surface area (Å²) >= 11 is 3.75. The maximum absolute atomic E-state index is 3.93. The molecular weight excluding hydrogens is 733 g/mol. The molecule has 2 unspecified atom stereocenters. The monoisotopic (exact) mass is 768 g/mol. The zero-order valence-corrected chi connectivity index (χ0v) is 32.4. The van der Waals surface area contributed by atoms with E-state index in [1.165, 1.54) is 95.7 Å². The zero-order valence-electron chi connectivity index (χ0n) is 30.8. The highest BCUT2D eigenvalue weighted by molar-refractivity contribution is 7.26. The Morgan fingerprint density at radius 2 is 0.930 bits per heavy atom. The number of hydrogen-bond donors (Lipinski definition) is 3. The van der Waals surface area contributed by atoms with E-state index in [4.69, 9.17) is 0 Å². The second kappa shape index (κ2) is 13.2. The van der Waals surface area contributed by atoms with E-state index in [0.717, 1.165) is 0 Å². The third-order valence-electron chi connectivity index (χ3n) is 11.7. The minimum Gasteiger partial charge on any atom is -0.309 e. The van der Waals surface area contributed by atoms with Crippen molar-refractivity contribution in [1.82, 2.24) is 20.5 Å². The van der Waals surface area contributed by atoms with Crippen molar-refractivity contribution < 1.29 is 0 Å². The average molecular weight is 769 g/mol. The quantitative estimate of drug-likeness (QED) is 0.163. The van der Waals surface area contributed by atoms with E-state index in [1.54, 1.807) is 0 Å². The Hall–Kier alpha value is -6.12. The van der Waals surface area contributed by atoms with Gasteiger partial charge in [-0.1, -0.05) is 127 Å². The fourth-order valence-corrected chi connectivity index (χ4v) is 11.3. The molecular formula is C51H36N4S2. The van der Waals surface area contributed by atoms with Crippen LogP contribution in [-0.2, 0) is 0 Å². The van der Waals surface area contributed by atoms with Crippen molar-refractivity contribution in [2.45, 2.75) is 18.5 Å². The average Bonchev–Trinajstić information content (AvgIpc) is 3.95. The van der Waals surface area contributed by atoms with E-state index < -0.39 is 0 Å². The van der Waals surface area contributed by atoms with Crippen molar-refractivity contribution in [3.63, 3.8) is 0 Å². The highest BCUT2D eigenvalue weighted by Crippen LogP contribution is 2.43. The topological polar surface area (TPSA) is 41.0 Å². The van der Waals surface area contributed by atoms with Crippen LogP contribution in [0.5, 0.6) is 0 Å². The molecule has 2 atom stereocenters. The summed E-state index contributed by atoms with van der Waals surface area (Å²) in [7, 11) is 0. The molecule has 272 valence electrons. The maximum Gasteiger partial charge on any atom is 0.0871 e. The Kier molecular flexibility index (Phi) is 7.68. The number of aromatic nitrogens is 1. The van der Waals surface area contributed by atoms with Gasteiger partial charge in [0.1, 0.15) is 0 Å². The zero-order chi connectivity index (χ0) is 37.5. The van der Waals surface area contributed by atoms with Crippen molar-refractivity contribution in [3.8, 4) is 16.8 Å². The van der Waals surface area contributed by atoms with E-state index in [-0.39, 0.29) is 18.5 Å². The van der Waals surface area contributed by atoms with Gasteiger partial charge in [-0.2, -0.15) is 0 Å². The van der Waals surface area contributed by atoms with E-state index in [9.17, 15) is 0 Å². The summed E-state index contributed by atoms with van der Waals surface area (Å²) in [4.78, 5) is 0. The fourth-order valence-electron chi connectivity index (χ4n) is 9.06. The van der Waals surface area contributed by atoms with Crippen LogP contribution < -0.4 is 16.0 Å². The van der Waals surface area contributed by atoms with Crippen molar-refractivity contribution >= 4 is 84.8 Å². The fraction of sp³-hybridized carbons (Fsp3) is 0.0588. The third kappa shape index (κ3) is 5.45. The molecule has 1 aliphatic rings. The number of nitrogens with zero attached hydrogens (tertiary/aromatic N) is 1. The highest BCUT2D eigenvalue weighted by atomic mass is 32.1. The number of para-hydroxylation sites is 2. The predicted octanol–water partition coefficient (Wildman–Crippen LogP) is 13.4. The lowest BCUT2D eigenvalue weighted by molar-refractivity contribution is 0.204. The van der Waals surface area contributed by atoms with Gasteiger partial charge in [-0.15, -0.1) is 22.7 Å². The molecule has 0 spiro atoms. The summed E-state index contributed by atoms with van der Waals surface area (Å²) < 4.78 is 7.62. The Morgan fingerprint density at radius 1 is 0.368 bits per heavy atom. The molecule has 3 aromatic heterocycles. The molecule has 1 fully saturated rings. The van der Waals surface area contributed by atoms with Crippen LogP contribution in [0.15, 0.2) is 182 Å². The van der Waals surface area contributed by atoms with Crippen LogP contribution in [-0.4, -0.2) is 4.57 Å². The van der Waals surface area contributed by atoms with Gasteiger partial charge in [-0.05, 0) is 82.4 Å². The van der Waals surface area contributed by atoms with Gasteiger partial charge in [0.2, 0.25) is 0 Å². The first-order valence-electron chi connectivity index (χ1n) is 19.5. The normalized spacial score (nSPS) is 17.4. The lowest BCUT2D eigenvalue weighted by Crippen LogP contribution is -2.54. The van der Waals surface area contributed by atoms with Gasteiger partial charge >= 0.3 is 0 Å². The smallest absolute Gasteiger partial charge is 0.0871 e.